The fourth-order valence-corrected chi connectivity index (χ4v) is 4.28. The Balaban J connectivity index is 1.97. The van der Waals surface area contributed by atoms with Crippen molar-refractivity contribution >= 4 is 27.8 Å². The Labute approximate surface area is 144 Å². The van der Waals surface area contributed by atoms with E-state index in [0.29, 0.717) is 6.54 Å². The Hall–Kier alpha value is -1.62. The van der Waals surface area contributed by atoms with E-state index in [-0.39, 0.29) is 17.7 Å². The van der Waals surface area contributed by atoms with Gasteiger partial charge in [-0.1, -0.05) is 47.1 Å². The number of nitrogens with zero attached hydrogens (tertiary/aromatic N) is 1. The summed E-state index contributed by atoms with van der Waals surface area (Å²) in [5.74, 6) is -1.43. The molecule has 5 heteroatoms. The van der Waals surface area contributed by atoms with E-state index in [1.807, 2.05) is 31.2 Å². The molecule has 1 aromatic carbocycles. The molecule has 1 amide bonds. The molecule has 2 atom stereocenters. The van der Waals surface area contributed by atoms with Crippen LogP contribution >= 0.6 is 15.9 Å². The predicted octanol–water partition coefficient (Wildman–Crippen LogP) is 3.96. The summed E-state index contributed by atoms with van der Waals surface area (Å²) >= 11 is 3.53. The van der Waals surface area contributed by atoms with Crippen molar-refractivity contribution in [3.8, 4) is 0 Å². The van der Waals surface area contributed by atoms with Gasteiger partial charge in [-0.05, 0) is 30.9 Å². The van der Waals surface area contributed by atoms with Gasteiger partial charge in [0.15, 0.2) is 0 Å². The molecule has 23 heavy (non-hydrogen) atoms. The third-order valence-corrected chi connectivity index (χ3v) is 5.89. The number of allylic oxidation sites excluding steroid dienone is 2. The largest absolute Gasteiger partial charge is 0.481 e. The summed E-state index contributed by atoms with van der Waals surface area (Å²) in [5, 5.41) is 9.22. The molecule has 3 rings (SSSR count). The Morgan fingerprint density at radius 1 is 1.43 bits per heavy atom. The molecule has 122 valence electrons. The second-order valence-electron chi connectivity index (χ2n) is 6.57. The van der Waals surface area contributed by atoms with Crippen LogP contribution in [0.5, 0.6) is 0 Å². The Morgan fingerprint density at radius 3 is 2.87 bits per heavy atom. The van der Waals surface area contributed by atoms with Crippen LogP contribution < -0.4 is 0 Å². The molecule has 0 bridgehead atoms. The van der Waals surface area contributed by atoms with Gasteiger partial charge in [0.25, 0.3) is 0 Å². The lowest BCUT2D eigenvalue weighted by molar-refractivity contribution is -0.143. The van der Waals surface area contributed by atoms with Crippen molar-refractivity contribution in [2.24, 2.45) is 11.3 Å². The lowest BCUT2D eigenvalue weighted by atomic mass is 9.70. The van der Waals surface area contributed by atoms with Crippen molar-refractivity contribution in [1.82, 2.24) is 4.90 Å². The number of carbonyl (C=O) groups excluding carboxylic acids is 1. The molecule has 0 radical (unpaired) electrons. The quantitative estimate of drug-likeness (QED) is 0.863. The van der Waals surface area contributed by atoms with Crippen LogP contribution in [0.25, 0.3) is 0 Å². The smallest absolute Gasteiger partial charge is 0.304 e. The van der Waals surface area contributed by atoms with E-state index in [9.17, 15) is 14.7 Å². The summed E-state index contributed by atoms with van der Waals surface area (Å²) in [5.41, 5.74) is 1.69. The van der Waals surface area contributed by atoms with Crippen molar-refractivity contribution in [3.05, 3.63) is 46.1 Å². The van der Waals surface area contributed by atoms with Gasteiger partial charge < -0.3 is 10.0 Å². The number of likely N-dealkylation sites (tertiary alicyclic amines) is 1. The first-order valence-corrected chi connectivity index (χ1v) is 8.70. The topological polar surface area (TPSA) is 57.6 Å². The van der Waals surface area contributed by atoms with E-state index < -0.39 is 11.9 Å². The molecule has 0 unspecified atom stereocenters. The number of benzene rings is 1. The molecule has 0 saturated carbocycles. The summed E-state index contributed by atoms with van der Waals surface area (Å²) in [7, 11) is 0. The van der Waals surface area contributed by atoms with E-state index >= 15 is 0 Å². The van der Waals surface area contributed by atoms with Crippen LogP contribution in [-0.4, -0.2) is 21.9 Å². The third kappa shape index (κ3) is 2.82. The van der Waals surface area contributed by atoms with Crippen molar-refractivity contribution in [2.75, 3.05) is 0 Å². The number of hydrogen-bond donors (Lipinski definition) is 1. The number of carbonyl (C=O) groups is 2. The van der Waals surface area contributed by atoms with Gasteiger partial charge in [0, 0.05) is 15.6 Å². The number of hydrogen-bond acceptors (Lipinski definition) is 2. The van der Waals surface area contributed by atoms with Crippen LogP contribution in [0.3, 0.4) is 0 Å². The first kappa shape index (κ1) is 16.2. The molecule has 2 aliphatic rings. The van der Waals surface area contributed by atoms with Gasteiger partial charge in [-0.25, -0.2) is 0 Å². The lowest BCUT2D eigenvalue weighted by Crippen LogP contribution is -2.30. The number of carboxylic acids is 1. The van der Waals surface area contributed by atoms with Crippen LogP contribution in [0.15, 0.2) is 40.5 Å². The molecule has 1 aliphatic carbocycles. The van der Waals surface area contributed by atoms with Gasteiger partial charge in [0.1, 0.15) is 0 Å². The number of carboxylic acid groups (broad SMARTS) is 1. The number of aliphatic carboxylic acids is 1. The summed E-state index contributed by atoms with van der Waals surface area (Å²) < 4.78 is 0.965. The standard InChI is InChI=1S/C18H20BrNO3/c1-18-9-5-4-8-15(18)20(17(23)13(18)10-16(21)22)11-12-6-2-3-7-14(12)19/h2-3,6-8,13H,4-5,9-11H2,1H3,(H,21,22)/t13-,18+/m1/s1. The molecule has 1 aromatic rings. The fourth-order valence-electron chi connectivity index (χ4n) is 3.87. The molecule has 4 nitrogen and oxygen atoms in total. The maximum absolute atomic E-state index is 12.9. The van der Waals surface area contributed by atoms with E-state index in [2.05, 4.69) is 22.0 Å². The minimum absolute atomic E-state index is 0.0567. The Morgan fingerprint density at radius 2 is 2.17 bits per heavy atom. The fraction of sp³-hybridized carbons (Fsp3) is 0.444. The molecule has 1 fully saturated rings. The maximum atomic E-state index is 12.9. The molecule has 0 aromatic heterocycles. The van der Waals surface area contributed by atoms with Gasteiger partial charge in [-0.2, -0.15) is 0 Å². The SMILES string of the molecule is C[C@@]12CCCC=C1N(Cc1ccccc1Br)C(=O)[C@H]2CC(=O)O. The van der Waals surface area contributed by atoms with Gasteiger partial charge in [0.05, 0.1) is 18.9 Å². The summed E-state index contributed by atoms with van der Waals surface area (Å²) in [6.45, 7) is 2.53. The molecule has 1 heterocycles. The summed E-state index contributed by atoms with van der Waals surface area (Å²) in [4.78, 5) is 26.0. The van der Waals surface area contributed by atoms with Gasteiger partial charge in [-0.3, -0.25) is 9.59 Å². The van der Waals surface area contributed by atoms with E-state index in [1.165, 1.54) is 0 Å². The van der Waals surface area contributed by atoms with E-state index in [0.717, 1.165) is 35.0 Å². The molecule has 1 aliphatic heterocycles. The van der Waals surface area contributed by atoms with Gasteiger partial charge in [-0.15, -0.1) is 0 Å². The number of rotatable bonds is 4. The van der Waals surface area contributed by atoms with Crippen molar-refractivity contribution in [3.63, 3.8) is 0 Å². The van der Waals surface area contributed by atoms with Crippen molar-refractivity contribution in [1.29, 1.82) is 0 Å². The number of amides is 1. The first-order valence-electron chi connectivity index (χ1n) is 7.90. The second kappa shape index (κ2) is 6.11. The number of fused-ring (bicyclic) bond motifs is 1. The highest BCUT2D eigenvalue weighted by atomic mass is 79.9. The highest BCUT2D eigenvalue weighted by molar-refractivity contribution is 9.10. The zero-order chi connectivity index (χ0) is 16.6. The summed E-state index contributed by atoms with van der Waals surface area (Å²) in [6.07, 6.45) is 4.85. The zero-order valence-corrected chi connectivity index (χ0v) is 14.7. The highest BCUT2D eigenvalue weighted by Gasteiger charge is 2.53. The van der Waals surface area contributed by atoms with Crippen LogP contribution in [0.4, 0.5) is 0 Å². The lowest BCUT2D eigenvalue weighted by Gasteiger charge is -2.34. The average Bonchev–Trinajstić information content (AvgIpc) is 2.71. The molecule has 0 spiro atoms. The van der Waals surface area contributed by atoms with Gasteiger partial charge >= 0.3 is 5.97 Å². The maximum Gasteiger partial charge on any atom is 0.304 e. The third-order valence-electron chi connectivity index (χ3n) is 5.11. The van der Waals surface area contributed by atoms with Crippen LogP contribution in [-0.2, 0) is 16.1 Å². The normalized spacial score (nSPS) is 26.9. The van der Waals surface area contributed by atoms with Crippen molar-refractivity contribution < 1.29 is 14.7 Å². The van der Waals surface area contributed by atoms with E-state index in [4.69, 9.17) is 0 Å². The minimum Gasteiger partial charge on any atom is -0.481 e. The van der Waals surface area contributed by atoms with Gasteiger partial charge in [0.2, 0.25) is 5.91 Å². The minimum atomic E-state index is -0.905. The van der Waals surface area contributed by atoms with Crippen LogP contribution in [0, 0.1) is 11.3 Å². The molecule has 1 saturated heterocycles. The Bertz CT molecular complexity index is 685. The molecule has 1 N–H and O–H groups in total. The van der Waals surface area contributed by atoms with Crippen LogP contribution in [0.2, 0.25) is 0 Å². The van der Waals surface area contributed by atoms with Crippen LogP contribution in [0.1, 0.15) is 38.2 Å². The molecular formula is C18H20BrNO3. The first-order chi connectivity index (χ1) is 10.9. The Kier molecular flexibility index (Phi) is 4.32. The highest BCUT2D eigenvalue weighted by Crippen LogP contribution is 2.52. The predicted molar refractivity (Wildman–Crippen MR) is 90.5 cm³/mol. The van der Waals surface area contributed by atoms with Crippen molar-refractivity contribution in [2.45, 2.75) is 39.2 Å². The average molecular weight is 378 g/mol. The monoisotopic (exact) mass is 377 g/mol. The summed E-state index contributed by atoms with van der Waals surface area (Å²) in [6, 6.07) is 7.84. The zero-order valence-electron chi connectivity index (χ0n) is 13.1. The molecular weight excluding hydrogens is 358 g/mol. The number of halogens is 1. The second-order valence-corrected chi connectivity index (χ2v) is 7.42. The van der Waals surface area contributed by atoms with E-state index in [1.54, 1.807) is 4.90 Å².